The van der Waals surface area contributed by atoms with Crippen molar-refractivity contribution in [3.8, 4) is 0 Å². The molecule has 0 radical (unpaired) electrons. The van der Waals surface area contributed by atoms with E-state index in [9.17, 15) is 18.5 Å². The lowest BCUT2D eigenvalue weighted by Gasteiger charge is -2.20. The maximum absolute atomic E-state index is 12.7. The van der Waals surface area contributed by atoms with Crippen LogP contribution in [0.5, 0.6) is 0 Å². The Morgan fingerprint density at radius 3 is 2.45 bits per heavy atom. The van der Waals surface area contributed by atoms with Crippen LogP contribution in [0.4, 0.5) is 17.1 Å². The molecule has 0 aromatic heterocycles. The fraction of sp³-hybridized carbons (Fsp3) is 0.143. The second-order valence-corrected chi connectivity index (χ2v) is 6.80. The molecule has 2 aromatic rings. The van der Waals surface area contributed by atoms with Gasteiger partial charge >= 0.3 is 0 Å². The molecule has 7 nitrogen and oxygen atoms in total. The van der Waals surface area contributed by atoms with Crippen LogP contribution >= 0.6 is 0 Å². The SMILES string of the molecule is Nc1cccc2c1N(S(=O)(=O)c1ccc([N+](=O)[O-])cc1)CC2. The number of nitrogens with two attached hydrogens (primary N) is 1. The summed E-state index contributed by atoms with van der Waals surface area (Å²) in [5, 5.41) is 10.7. The van der Waals surface area contributed by atoms with Crippen LogP contribution < -0.4 is 10.0 Å². The van der Waals surface area contributed by atoms with Gasteiger partial charge in [0, 0.05) is 18.7 Å². The molecule has 22 heavy (non-hydrogen) atoms. The summed E-state index contributed by atoms with van der Waals surface area (Å²) in [6.07, 6.45) is 0.590. The van der Waals surface area contributed by atoms with Crippen molar-refractivity contribution >= 4 is 27.1 Å². The van der Waals surface area contributed by atoms with Gasteiger partial charge in [0.2, 0.25) is 0 Å². The van der Waals surface area contributed by atoms with E-state index in [0.717, 1.165) is 5.56 Å². The lowest BCUT2D eigenvalue weighted by molar-refractivity contribution is -0.384. The Labute approximate surface area is 127 Å². The number of nitrogen functional groups attached to an aromatic ring is 1. The van der Waals surface area contributed by atoms with E-state index in [1.54, 1.807) is 12.1 Å². The van der Waals surface area contributed by atoms with Gasteiger partial charge in [-0.25, -0.2) is 8.42 Å². The van der Waals surface area contributed by atoms with Gasteiger partial charge in [0.25, 0.3) is 15.7 Å². The maximum atomic E-state index is 12.7. The first-order valence-corrected chi connectivity index (χ1v) is 8.00. The van der Waals surface area contributed by atoms with Crippen molar-refractivity contribution in [1.29, 1.82) is 0 Å². The summed E-state index contributed by atoms with van der Waals surface area (Å²) in [6, 6.07) is 10.1. The minimum Gasteiger partial charge on any atom is -0.397 e. The molecule has 0 spiro atoms. The molecular formula is C14H13N3O4S. The van der Waals surface area contributed by atoms with E-state index in [4.69, 9.17) is 5.73 Å². The average Bonchev–Trinajstić information content (AvgIpc) is 2.93. The summed E-state index contributed by atoms with van der Waals surface area (Å²) in [6.45, 7) is 0.308. The molecule has 0 aliphatic carbocycles. The van der Waals surface area contributed by atoms with Gasteiger partial charge in [-0.05, 0) is 30.2 Å². The normalized spacial score (nSPS) is 13.9. The molecule has 3 rings (SSSR count). The van der Waals surface area contributed by atoms with Gasteiger partial charge in [-0.15, -0.1) is 0 Å². The Kier molecular flexibility index (Phi) is 3.25. The number of para-hydroxylation sites is 1. The quantitative estimate of drug-likeness (QED) is 0.528. The van der Waals surface area contributed by atoms with Crippen molar-refractivity contribution in [1.82, 2.24) is 0 Å². The number of hydrogen-bond donors (Lipinski definition) is 1. The predicted molar refractivity (Wildman–Crippen MR) is 82.2 cm³/mol. The zero-order chi connectivity index (χ0) is 15.9. The molecular weight excluding hydrogens is 306 g/mol. The molecule has 1 aliphatic rings. The first-order chi connectivity index (χ1) is 10.4. The van der Waals surface area contributed by atoms with Crippen molar-refractivity contribution in [3.63, 3.8) is 0 Å². The second kappa shape index (κ2) is 4.99. The zero-order valence-electron chi connectivity index (χ0n) is 11.5. The first-order valence-electron chi connectivity index (χ1n) is 6.56. The Morgan fingerprint density at radius 2 is 1.82 bits per heavy atom. The molecule has 0 amide bonds. The van der Waals surface area contributed by atoms with Crippen molar-refractivity contribution in [3.05, 3.63) is 58.1 Å². The van der Waals surface area contributed by atoms with Crippen molar-refractivity contribution in [2.45, 2.75) is 11.3 Å². The number of benzene rings is 2. The third-order valence-electron chi connectivity index (χ3n) is 3.62. The van der Waals surface area contributed by atoms with Crippen LogP contribution in [-0.2, 0) is 16.4 Å². The summed E-state index contributed by atoms with van der Waals surface area (Å²) in [7, 11) is -3.79. The van der Waals surface area contributed by atoms with Gasteiger partial charge in [0.05, 0.1) is 21.2 Å². The van der Waals surface area contributed by atoms with Gasteiger partial charge in [0.15, 0.2) is 0 Å². The average molecular weight is 319 g/mol. The Hall–Kier alpha value is -2.61. The monoisotopic (exact) mass is 319 g/mol. The molecule has 8 heteroatoms. The highest BCUT2D eigenvalue weighted by Crippen LogP contribution is 2.37. The van der Waals surface area contributed by atoms with Gasteiger partial charge in [0.1, 0.15) is 0 Å². The van der Waals surface area contributed by atoms with Gasteiger partial charge in [-0.3, -0.25) is 14.4 Å². The lowest BCUT2D eigenvalue weighted by Crippen LogP contribution is -2.29. The highest BCUT2D eigenvalue weighted by Gasteiger charge is 2.32. The van der Waals surface area contributed by atoms with E-state index in [1.165, 1.54) is 28.6 Å². The molecule has 2 N–H and O–H groups in total. The Bertz CT molecular complexity index is 847. The van der Waals surface area contributed by atoms with Crippen LogP contribution in [0.1, 0.15) is 5.56 Å². The fourth-order valence-electron chi connectivity index (χ4n) is 2.56. The number of hydrogen-bond acceptors (Lipinski definition) is 5. The summed E-state index contributed by atoms with van der Waals surface area (Å²) in [5.41, 5.74) is 7.54. The van der Waals surface area contributed by atoms with E-state index < -0.39 is 14.9 Å². The maximum Gasteiger partial charge on any atom is 0.269 e. The molecule has 114 valence electrons. The van der Waals surface area contributed by atoms with Crippen molar-refractivity contribution in [2.24, 2.45) is 0 Å². The lowest BCUT2D eigenvalue weighted by atomic mass is 10.1. The number of non-ortho nitro benzene ring substituents is 1. The molecule has 0 saturated carbocycles. The number of nitro groups is 1. The second-order valence-electron chi connectivity index (χ2n) is 4.93. The molecule has 0 fully saturated rings. The van der Waals surface area contributed by atoms with Crippen molar-refractivity contribution < 1.29 is 13.3 Å². The summed E-state index contributed by atoms with van der Waals surface area (Å²) < 4.78 is 26.7. The van der Waals surface area contributed by atoms with Gasteiger partial charge < -0.3 is 5.73 Å². The third kappa shape index (κ3) is 2.17. The minimum atomic E-state index is -3.79. The first kappa shape index (κ1) is 14.3. The topological polar surface area (TPSA) is 107 Å². The minimum absolute atomic E-state index is 0.00852. The van der Waals surface area contributed by atoms with Crippen LogP contribution in [0.2, 0.25) is 0 Å². The molecule has 0 unspecified atom stereocenters. The molecule has 0 saturated heterocycles. The summed E-state index contributed by atoms with van der Waals surface area (Å²) in [5.74, 6) is 0. The number of fused-ring (bicyclic) bond motifs is 1. The van der Waals surface area contributed by atoms with E-state index in [0.29, 0.717) is 24.3 Å². The number of anilines is 2. The van der Waals surface area contributed by atoms with E-state index in [2.05, 4.69) is 0 Å². The van der Waals surface area contributed by atoms with Crippen LogP contribution in [0, 0.1) is 10.1 Å². The number of nitro benzene ring substituents is 1. The third-order valence-corrected chi connectivity index (χ3v) is 5.43. The molecule has 0 bridgehead atoms. The Morgan fingerprint density at radius 1 is 1.14 bits per heavy atom. The standard InChI is InChI=1S/C14H13N3O4S/c15-13-3-1-2-10-8-9-16(14(10)13)22(20,21)12-6-4-11(5-7-12)17(18)19/h1-7H,8-9,15H2. The zero-order valence-corrected chi connectivity index (χ0v) is 12.3. The number of rotatable bonds is 3. The largest absolute Gasteiger partial charge is 0.397 e. The fourth-order valence-corrected chi connectivity index (χ4v) is 4.09. The van der Waals surface area contributed by atoms with Crippen molar-refractivity contribution in [2.75, 3.05) is 16.6 Å². The molecule has 2 aromatic carbocycles. The summed E-state index contributed by atoms with van der Waals surface area (Å²) >= 11 is 0. The van der Waals surface area contributed by atoms with E-state index in [-0.39, 0.29) is 10.6 Å². The molecule has 1 heterocycles. The molecule has 0 atom stereocenters. The van der Waals surface area contributed by atoms with Crippen LogP contribution in [0.15, 0.2) is 47.4 Å². The van der Waals surface area contributed by atoms with E-state index in [1.807, 2.05) is 6.07 Å². The highest BCUT2D eigenvalue weighted by molar-refractivity contribution is 7.92. The van der Waals surface area contributed by atoms with Crippen LogP contribution in [-0.4, -0.2) is 19.9 Å². The Balaban J connectivity index is 2.04. The predicted octanol–water partition coefficient (Wildman–Crippen LogP) is 1.93. The van der Waals surface area contributed by atoms with Gasteiger partial charge in [-0.2, -0.15) is 0 Å². The smallest absolute Gasteiger partial charge is 0.269 e. The number of nitrogens with zero attached hydrogens (tertiary/aromatic N) is 2. The van der Waals surface area contributed by atoms with Crippen LogP contribution in [0.3, 0.4) is 0 Å². The van der Waals surface area contributed by atoms with E-state index >= 15 is 0 Å². The molecule has 1 aliphatic heterocycles. The van der Waals surface area contributed by atoms with Gasteiger partial charge in [-0.1, -0.05) is 12.1 Å². The highest BCUT2D eigenvalue weighted by atomic mass is 32.2. The van der Waals surface area contributed by atoms with Crippen LogP contribution in [0.25, 0.3) is 0 Å². The summed E-state index contributed by atoms with van der Waals surface area (Å²) in [4.78, 5) is 10.1. The number of sulfonamides is 1.